The fourth-order valence-corrected chi connectivity index (χ4v) is 5.77. The average molecular weight is 394 g/mol. The summed E-state index contributed by atoms with van der Waals surface area (Å²) in [4.78, 5) is 9.51. The lowest BCUT2D eigenvalue weighted by Gasteiger charge is -2.48. The van der Waals surface area contributed by atoms with E-state index in [4.69, 9.17) is 0 Å². The lowest BCUT2D eigenvalue weighted by atomic mass is 9.79. The van der Waals surface area contributed by atoms with Crippen LogP contribution < -0.4 is 0 Å². The first-order chi connectivity index (χ1) is 13.7. The molecule has 0 saturated carbocycles. The summed E-state index contributed by atoms with van der Waals surface area (Å²) in [6.45, 7) is 4.93. The van der Waals surface area contributed by atoms with Crippen molar-refractivity contribution >= 4 is 21.6 Å². The third-order valence-electron chi connectivity index (χ3n) is 6.48. The number of hydrogen-bond acceptors (Lipinski definition) is 5. The van der Waals surface area contributed by atoms with Gasteiger partial charge in [0.05, 0.1) is 21.8 Å². The zero-order valence-corrected chi connectivity index (χ0v) is 16.9. The molecule has 146 valence electrons. The fourth-order valence-electron chi connectivity index (χ4n) is 4.97. The minimum Gasteiger partial charge on any atom is -0.383 e. The molecule has 0 radical (unpaired) electrons. The van der Waals surface area contributed by atoms with E-state index in [1.807, 2.05) is 23.7 Å². The van der Waals surface area contributed by atoms with Crippen LogP contribution in [-0.4, -0.2) is 52.1 Å². The van der Waals surface area contributed by atoms with Crippen molar-refractivity contribution in [2.24, 2.45) is 0 Å². The van der Waals surface area contributed by atoms with Crippen LogP contribution in [0.25, 0.3) is 10.2 Å². The van der Waals surface area contributed by atoms with Gasteiger partial charge < -0.3 is 5.11 Å². The Bertz CT molecular complexity index is 937. The van der Waals surface area contributed by atoms with Crippen LogP contribution in [0.3, 0.4) is 0 Å². The number of piperidine rings is 1. The predicted octanol–water partition coefficient (Wildman–Crippen LogP) is 3.85. The monoisotopic (exact) mass is 393 g/mol. The van der Waals surface area contributed by atoms with E-state index in [1.54, 1.807) is 11.3 Å². The summed E-state index contributed by atoms with van der Waals surface area (Å²) in [5.74, 6) is 0. The van der Waals surface area contributed by atoms with E-state index in [-0.39, 0.29) is 6.04 Å². The Balaban J connectivity index is 1.42. The Morgan fingerprint density at radius 2 is 1.86 bits per heavy atom. The zero-order valence-electron chi connectivity index (χ0n) is 16.1. The van der Waals surface area contributed by atoms with Crippen LogP contribution in [0, 0.1) is 0 Å². The van der Waals surface area contributed by atoms with Gasteiger partial charge in [-0.25, -0.2) is 4.98 Å². The second kappa shape index (κ2) is 7.56. The Labute approximate surface area is 170 Å². The number of thiazole rings is 1. The standard InChI is InChI=1S/C23H27N3OS/c27-23(19-8-2-1-3-9-19)11-14-25(16-21(23)26-12-4-5-13-26)15-18-7-6-10-20-22(18)28-17-24-20/h1-3,6-10,17,21,27H,4-5,11-16H2/t21-,23+/m1/s1. The maximum atomic E-state index is 11.8. The SMILES string of the molecule is O[C@]1(c2ccccc2)CCN(Cc2cccc3ncsc23)C[C@H]1N1CCCC1. The average Bonchev–Trinajstić information content (AvgIpc) is 3.42. The summed E-state index contributed by atoms with van der Waals surface area (Å²) in [6.07, 6.45) is 3.25. The summed E-state index contributed by atoms with van der Waals surface area (Å²) in [5, 5.41) is 11.8. The molecule has 2 fully saturated rings. The van der Waals surface area contributed by atoms with Crippen molar-refractivity contribution in [3.8, 4) is 0 Å². The maximum Gasteiger partial charge on any atom is 0.108 e. The summed E-state index contributed by atoms with van der Waals surface area (Å²) in [7, 11) is 0. The van der Waals surface area contributed by atoms with E-state index < -0.39 is 5.60 Å². The molecule has 1 N–H and O–H groups in total. The molecular formula is C23H27N3OS. The molecule has 2 atom stereocenters. The van der Waals surface area contributed by atoms with E-state index >= 15 is 0 Å². The van der Waals surface area contributed by atoms with Crippen molar-refractivity contribution < 1.29 is 5.11 Å². The minimum atomic E-state index is -0.765. The Morgan fingerprint density at radius 3 is 2.68 bits per heavy atom. The number of nitrogens with zero attached hydrogens (tertiary/aromatic N) is 3. The van der Waals surface area contributed by atoms with Gasteiger partial charge in [-0.15, -0.1) is 11.3 Å². The van der Waals surface area contributed by atoms with Gasteiger partial charge in [0.1, 0.15) is 5.60 Å². The molecule has 0 bridgehead atoms. The molecule has 3 aromatic rings. The van der Waals surface area contributed by atoms with Crippen molar-refractivity contribution in [1.82, 2.24) is 14.8 Å². The minimum absolute atomic E-state index is 0.145. The lowest BCUT2D eigenvalue weighted by Crippen LogP contribution is -2.60. The summed E-state index contributed by atoms with van der Waals surface area (Å²) in [5.41, 5.74) is 4.68. The van der Waals surface area contributed by atoms with Crippen molar-refractivity contribution in [2.45, 2.75) is 37.5 Å². The van der Waals surface area contributed by atoms with Crippen LogP contribution in [0.15, 0.2) is 54.0 Å². The first-order valence-corrected chi connectivity index (χ1v) is 11.2. The van der Waals surface area contributed by atoms with Crippen LogP contribution >= 0.6 is 11.3 Å². The van der Waals surface area contributed by atoms with Crippen molar-refractivity contribution in [2.75, 3.05) is 26.2 Å². The molecular weight excluding hydrogens is 366 g/mol. The lowest BCUT2D eigenvalue weighted by molar-refractivity contribution is -0.0958. The fraction of sp³-hybridized carbons (Fsp3) is 0.435. The molecule has 0 unspecified atom stereocenters. The number of benzene rings is 2. The van der Waals surface area contributed by atoms with Crippen LogP contribution in [-0.2, 0) is 12.1 Å². The summed E-state index contributed by atoms with van der Waals surface area (Å²) in [6, 6.07) is 16.9. The third kappa shape index (κ3) is 3.26. The molecule has 2 aliphatic heterocycles. The van der Waals surface area contributed by atoms with Crippen molar-refractivity contribution in [1.29, 1.82) is 0 Å². The smallest absolute Gasteiger partial charge is 0.108 e. The van der Waals surface area contributed by atoms with Gasteiger partial charge in [0.25, 0.3) is 0 Å². The van der Waals surface area contributed by atoms with Gasteiger partial charge in [-0.2, -0.15) is 0 Å². The number of hydrogen-bond donors (Lipinski definition) is 1. The van der Waals surface area contributed by atoms with Gasteiger partial charge in [0.2, 0.25) is 0 Å². The second-order valence-corrected chi connectivity index (χ2v) is 9.01. The topological polar surface area (TPSA) is 39.6 Å². The highest BCUT2D eigenvalue weighted by molar-refractivity contribution is 7.16. The second-order valence-electron chi connectivity index (χ2n) is 8.15. The summed E-state index contributed by atoms with van der Waals surface area (Å²) < 4.78 is 1.30. The third-order valence-corrected chi connectivity index (χ3v) is 7.40. The largest absolute Gasteiger partial charge is 0.383 e. The van der Waals surface area contributed by atoms with Crippen molar-refractivity contribution in [3.05, 3.63) is 65.2 Å². The maximum absolute atomic E-state index is 11.8. The molecule has 0 spiro atoms. The van der Waals surface area contributed by atoms with E-state index in [0.717, 1.165) is 50.2 Å². The van der Waals surface area contributed by atoms with Gasteiger partial charge in [-0.1, -0.05) is 42.5 Å². The van der Waals surface area contributed by atoms with Gasteiger partial charge in [-0.05, 0) is 49.5 Å². The number of fused-ring (bicyclic) bond motifs is 1. The molecule has 0 amide bonds. The van der Waals surface area contributed by atoms with Crippen LogP contribution in [0.2, 0.25) is 0 Å². The molecule has 2 aromatic carbocycles. The number of rotatable bonds is 4. The van der Waals surface area contributed by atoms with E-state index in [1.165, 1.54) is 23.1 Å². The van der Waals surface area contributed by atoms with Crippen LogP contribution in [0.1, 0.15) is 30.4 Å². The normalized spacial score (nSPS) is 26.8. The molecule has 2 aliphatic rings. The predicted molar refractivity (Wildman–Crippen MR) is 114 cm³/mol. The van der Waals surface area contributed by atoms with Crippen LogP contribution in [0.5, 0.6) is 0 Å². The van der Waals surface area contributed by atoms with E-state index in [0.29, 0.717) is 0 Å². The highest BCUT2D eigenvalue weighted by atomic mass is 32.1. The Kier molecular flexibility index (Phi) is 4.93. The highest BCUT2D eigenvalue weighted by Gasteiger charge is 2.46. The molecule has 4 nitrogen and oxygen atoms in total. The molecule has 2 saturated heterocycles. The first-order valence-electron chi connectivity index (χ1n) is 10.3. The Morgan fingerprint density at radius 1 is 1.04 bits per heavy atom. The molecule has 0 aliphatic carbocycles. The molecule has 3 heterocycles. The first kappa shape index (κ1) is 18.3. The number of likely N-dealkylation sites (tertiary alicyclic amines) is 2. The number of aliphatic hydroxyl groups is 1. The van der Waals surface area contributed by atoms with Crippen molar-refractivity contribution in [3.63, 3.8) is 0 Å². The van der Waals surface area contributed by atoms with E-state index in [2.05, 4.69) is 45.1 Å². The molecule has 5 heteroatoms. The van der Waals surface area contributed by atoms with Gasteiger partial charge >= 0.3 is 0 Å². The zero-order chi connectivity index (χ0) is 19.0. The highest BCUT2D eigenvalue weighted by Crippen LogP contribution is 2.38. The quantitative estimate of drug-likeness (QED) is 0.731. The molecule has 1 aromatic heterocycles. The number of aromatic nitrogens is 1. The Hall–Kier alpha value is -1.79. The van der Waals surface area contributed by atoms with Gasteiger partial charge in [0.15, 0.2) is 0 Å². The van der Waals surface area contributed by atoms with Crippen LogP contribution in [0.4, 0.5) is 0 Å². The molecule has 5 rings (SSSR count). The van der Waals surface area contributed by atoms with Gasteiger partial charge in [0, 0.05) is 19.6 Å². The van der Waals surface area contributed by atoms with E-state index in [9.17, 15) is 5.11 Å². The van der Waals surface area contributed by atoms with Gasteiger partial charge in [-0.3, -0.25) is 9.80 Å². The summed E-state index contributed by atoms with van der Waals surface area (Å²) >= 11 is 1.73. The molecule has 28 heavy (non-hydrogen) atoms.